The van der Waals surface area contributed by atoms with E-state index in [4.69, 9.17) is 0 Å². The Balaban J connectivity index is 2.16. The highest BCUT2D eigenvalue weighted by atomic mass is 14.2. The van der Waals surface area contributed by atoms with Crippen LogP contribution in [0, 0.1) is 5.92 Å². The lowest BCUT2D eigenvalue weighted by Gasteiger charge is -2.24. The minimum atomic E-state index is 0.937. The zero-order valence-corrected chi connectivity index (χ0v) is 8.68. The highest BCUT2D eigenvalue weighted by Gasteiger charge is 2.16. The maximum Gasteiger partial charge on any atom is -0.0277 e. The van der Waals surface area contributed by atoms with Gasteiger partial charge in [-0.2, -0.15) is 0 Å². The van der Waals surface area contributed by atoms with Crippen molar-refractivity contribution in [3.05, 3.63) is 23.3 Å². The molecule has 0 amide bonds. The Labute approximate surface area is 81.7 Å². The van der Waals surface area contributed by atoms with Crippen LogP contribution in [0.2, 0.25) is 0 Å². The second-order valence-corrected chi connectivity index (χ2v) is 4.62. The van der Waals surface area contributed by atoms with Crippen molar-refractivity contribution in [3.8, 4) is 0 Å². The maximum absolute atomic E-state index is 2.40. The smallest absolute Gasteiger partial charge is 0.0277 e. The molecule has 2 aliphatic carbocycles. The summed E-state index contributed by atoms with van der Waals surface area (Å²) in [5.74, 6) is 0.937. The maximum atomic E-state index is 2.40. The van der Waals surface area contributed by atoms with Crippen LogP contribution in [0.4, 0.5) is 0 Å². The van der Waals surface area contributed by atoms with E-state index in [0.717, 1.165) is 5.92 Å². The highest BCUT2D eigenvalue weighted by Crippen LogP contribution is 2.33. The molecular weight excluding hydrogens is 156 g/mol. The first-order chi connectivity index (χ1) is 6.36. The van der Waals surface area contributed by atoms with Gasteiger partial charge in [0.05, 0.1) is 0 Å². The van der Waals surface area contributed by atoms with E-state index in [1.165, 1.54) is 44.9 Å². The third kappa shape index (κ3) is 2.24. The fraction of sp³-hybridized carbons (Fsp3) is 0.692. The molecule has 0 nitrogen and oxygen atoms in total. The van der Waals surface area contributed by atoms with Gasteiger partial charge in [0, 0.05) is 0 Å². The van der Waals surface area contributed by atoms with Crippen molar-refractivity contribution >= 4 is 0 Å². The van der Waals surface area contributed by atoms with Gasteiger partial charge in [0.1, 0.15) is 0 Å². The van der Waals surface area contributed by atoms with Crippen molar-refractivity contribution in [2.24, 2.45) is 5.92 Å². The second-order valence-electron chi connectivity index (χ2n) is 4.62. The van der Waals surface area contributed by atoms with Crippen molar-refractivity contribution in [2.45, 2.75) is 51.9 Å². The van der Waals surface area contributed by atoms with Gasteiger partial charge < -0.3 is 0 Å². The van der Waals surface area contributed by atoms with Gasteiger partial charge in [0.2, 0.25) is 0 Å². The minimum absolute atomic E-state index is 0.937. The topological polar surface area (TPSA) is 0 Å². The lowest BCUT2D eigenvalue weighted by atomic mass is 9.82. The monoisotopic (exact) mass is 176 g/mol. The first-order valence-corrected chi connectivity index (χ1v) is 5.73. The molecule has 2 rings (SSSR count). The van der Waals surface area contributed by atoms with Crippen LogP contribution in [0.15, 0.2) is 23.3 Å². The molecule has 0 aromatic carbocycles. The van der Waals surface area contributed by atoms with E-state index in [9.17, 15) is 0 Å². The molecule has 0 bridgehead atoms. The quantitative estimate of drug-likeness (QED) is 0.518. The summed E-state index contributed by atoms with van der Waals surface area (Å²) in [6.45, 7) is 2.40. The fourth-order valence-corrected chi connectivity index (χ4v) is 2.52. The molecule has 0 spiro atoms. The van der Waals surface area contributed by atoms with Crippen LogP contribution >= 0.6 is 0 Å². The summed E-state index contributed by atoms with van der Waals surface area (Å²) in [7, 11) is 0. The number of rotatable bonds is 0. The van der Waals surface area contributed by atoms with Gasteiger partial charge in [-0.15, -0.1) is 0 Å². The lowest BCUT2D eigenvalue weighted by Crippen LogP contribution is -2.07. The minimum Gasteiger partial charge on any atom is -0.0843 e. The Morgan fingerprint density at radius 1 is 1.23 bits per heavy atom. The third-order valence-electron chi connectivity index (χ3n) is 3.37. The van der Waals surface area contributed by atoms with Crippen molar-refractivity contribution in [2.75, 3.05) is 0 Å². The van der Waals surface area contributed by atoms with E-state index >= 15 is 0 Å². The Kier molecular flexibility index (Phi) is 2.87. The lowest BCUT2D eigenvalue weighted by molar-refractivity contribution is 0.484. The molecule has 0 aromatic heterocycles. The molecule has 1 unspecified atom stereocenters. The molecule has 0 saturated carbocycles. The summed E-state index contributed by atoms with van der Waals surface area (Å²) in [5.41, 5.74) is 3.45. The molecule has 0 heteroatoms. The first-order valence-electron chi connectivity index (χ1n) is 5.73. The van der Waals surface area contributed by atoms with Crippen LogP contribution in [-0.2, 0) is 0 Å². The Morgan fingerprint density at radius 3 is 3.08 bits per heavy atom. The predicted octanol–water partition coefficient (Wildman–Crippen LogP) is 4.23. The molecule has 2 aliphatic rings. The summed E-state index contributed by atoms with van der Waals surface area (Å²) in [6.07, 6.45) is 14.4. The highest BCUT2D eigenvalue weighted by molar-refractivity contribution is 5.28. The van der Waals surface area contributed by atoms with Crippen LogP contribution in [0.3, 0.4) is 0 Å². The van der Waals surface area contributed by atoms with Crippen molar-refractivity contribution in [1.29, 1.82) is 0 Å². The van der Waals surface area contributed by atoms with Gasteiger partial charge in [-0.1, -0.05) is 24.6 Å². The van der Waals surface area contributed by atoms with Crippen LogP contribution in [0.25, 0.3) is 0 Å². The van der Waals surface area contributed by atoms with E-state index in [1.54, 1.807) is 11.1 Å². The van der Waals surface area contributed by atoms with Crippen molar-refractivity contribution < 1.29 is 0 Å². The van der Waals surface area contributed by atoms with Crippen LogP contribution in [-0.4, -0.2) is 0 Å². The summed E-state index contributed by atoms with van der Waals surface area (Å²) in [4.78, 5) is 0. The molecule has 0 aliphatic heterocycles. The molecule has 0 aromatic rings. The van der Waals surface area contributed by atoms with Crippen LogP contribution in [0.1, 0.15) is 51.9 Å². The van der Waals surface area contributed by atoms with Gasteiger partial charge in [0.25, 0.3) is 0 Å². The Morgan fingerprint density at radius 2 is 2.15 bits per heavy atom. The average molecular weight is 176 g/mol. The average Bonchev–Trinajstić information content (AvgIpc) is 2.08. The number of hydrogen-bond donors (Lipinski definition) is 0. The summed E-state index contributed by atoms with van der Waals surface area (Å²) in [5, 5.41) is 0. The molecule has 0 heterocycles. The molecular formula is C13H20. The first kappa shape index (κ1) is 9.05. The molecule has 72 valence electrons. The number of hydrogen-bond acceptors (Lipinski definition) is 0. The van der Waals surface area contributed by atoms with E-state index in [0.29, 0.717) is 0 Å². The summed E-state index contributed by atoms with van der Waals surface area (Å²) < 4.78 is 0. The molecule has 0 saturated heterocycles. The number of allylic oxidation sites excluding steroid dienone is 4. The second kappa shape index (κ2) is 4.13. The zero-order valence-electron chi connectivity index (χ0n) is 8.68. The Hall–Kier alpha value is -0.520. The third-order valence-corrected chi connectivity index (χ3v) is 3.37. The van der Waals surface area contributed by atoms with Crippen LogP contribution in [0.5, 0.6) is 0 Å². The van der Waals surface area contributed by atoms with Crippen LogP contribution < -0.4 is 0 Å². The molecule has 0 fully saturated rings. The summed E-state index contributed by atoms with van der Waals surface area (Å²) >= 11 is 0. The SMILES string of the molecule is CC1CCC2=C(CCCCC=C2)C1. The largest absolute Gasteiger partial charge is 0.0843 e. The van der Waals surface area contributed by atoms with Gasteiger partial charge in [-0.3, -0.25) is 0 Å². The molecule has 0 radical (unpaired) electrons. The van der Waals surface area contributed by atoms with Crippen molar-refractivity contribution in [3.63, 3.8) is 0 Å². The van der Waals surface area contributed by atoms with E-state index < -0.39 is 0 Å². The molecule has 1 atom stereocenters. The standard InChI is InChI=1S/C13H20/c1-11-8-9-12-6-4-2-3-5-7-13(12)10-11/h4,6,11H,2-3,5,7-10H2,1H3. The van der Waals surface area contributed by atoms with Gasteiger partial charge in [-0.05, 0) is 56.4 Å². The van der Waals surface area contributed by atoms with E-state index in [-0.39, 0.29) is 0 Å². The van der Waals surface area contributed by atoms with E-state index in [1.807, 2.05) is 0 Å². The molecule has 0 N–H and O–H groups in total. The van der Waals surface area contributed by atoms with Gasteiger partial charge >= 0.3 is 0 Å². The summed E-state index contributed by atoms with van der Waals surface area (Å²) in [6, 6.07) is 0. The van der Waals surface area contributed by atoms with Gasteiger partial charge in [-0.25, -0.2) is 0 Å². The fourth-order valence-electron chi connectivity index (χ4n) is 2.52. The normalized spacial score (nSPS) is 29.5. The van der Waals surface area contributed by atoms with E-state index in [2.05, 4.69) is 19.1 Å². The molecule has 13 heavy (non-hydrogen) atoms. The zero-order chi connectivity index (χ0) is 9.10. The van der Waals surface area contributed by atoms with Crippen molar-refractivity contribution in [1.82, 2.24) is 0 Å². The van der Waals surface area contributed by atoms with Gasteiger partial charge in [0.15, 0.2) is 0 Å². The Bertz CT molecular complexity index is 232. The predicted molar refractivity (Wildman–Crippen MR) is 57.6 cm³/mol.